The molecule has 78 valence electrons. The van der Waals surface area contributed by atoms with Gasteiger partial charge in [-0.2, -0.15) is 0 Å². The van der Waals surface area contributed by atoms with E-state index in [1.54, 1.807) is 7.11 Å². The molecule has 0 unspecified atom stereocenters. The van der Waals surface area contributed by atoms with Crippen LogP contribution in [0.1, 0.15) is 60.3 Å². The van der Waals surface area contributed by atoms with Crippen LogP contribution in [0.3, 0.4) is 0 Å². The summed E-state index contributed by atoms with van der Waals surface area (Å²) in [7, 11) is 1.76. The van der Waals surface area contributed by atoms with Gasteiger partial charge in [-0.05, 0) is 6.42 Å². The molecule has 0 heterocycles. The van der Waals surface area contributed by atoms with Crippen LogP contribution in [0.2, 0.25) is 0 Å². The average Bonchev–Trinajstić information content (AvgIpc) is 2.19. The van der Waals surface area contributed by atoms with Gasteiger partial charge in [0.1, 0.15) is 0 Å². The van der Waals surface area contributed by atoms with E-state index in [1.165, 1.54) is 25.7 Å². The van der Waals surface area contributed by atoms with Crippen molar-refractivity contribution in [2.75, 3.05) is 13.7 Å². The highest BCUT2D eigenvalue weighted by Crippen LogP contribution is 1.97. The highest BCUT2D eigenvalue weighted by molar-refractivity contribution is 4.37. The number of methoxy groups -OCH3 is 1. The normalized spacial score (nSPS) is 7.50. The first-order chi connectivity index (χ1) is 5.91. The Balaban J connectivity index is -0.000000175. The van der Waals surface area contributed by atoms with Gasteiger partial charge >= 0.3 is 0 Å². The Morgan fingerprint density at radius 3 is 1.67 bits per heavy atom. The summed E-state index contributed by atoms with van der Waals surface area (Å²) in [5.74, 6) is 0. The predicted molar refractivity (Wildman–Crippen MR) is 58.7 cm³/mol. The minimum Gasteiger partial charge on any atom is -0.385 e. The number of rotatable bonds is 5. The fourth-order valence-electron chi connectivity index (χ4n) is 0.673. The van der Waals surface area contributed by atoms with Crippen LogP contribution in [0.15, 0.2) is 0 Å². The van der Waals surface area contributed by atoms with Crippen molar-refractivity contribution in [3.63, 3.8) is 0 Å². The SMILES string of the molecule is CC.CC.CCCCCCOC. The van der Waals surface area contributed by atoms with Crippen molar-refractivity contribution in [1.29, 1.82) is 0 Å². The van der Waals surface area contributed by atoms with E-state index in [0.717, 1.165) is 6.61 Å². The Hall–Kier alpha value is -0.0400. The minimum absolute atomic E-state index is 0.931. The maximum absolute atomic E-state index is 4.89. The van der Waals surface area contributed by atoms with Crippen LogP contribution in [-0.4, -0.2) is 13.7 Å². The predicted octanol–water partition coefficient (Wildman–Crippen LogP) is 4.27. The topological polar surface area (TPSA) is 9.23 Å². The van der Waals surface area contributed by atoms with Gasteiger partial charge in [-0.15, -0.1) is 0 Å². The van der Waals surface area contributed by atoms with Crippen LogP contribution in [0.4, 0.5) is 0 Å². The lowest BCUT2D eigenvalue weighted by Crippen LogP contribution is -1.86. The molecule has 0 radical (unpaired) electrons. The second-order valence-electron chi connectivity index (χ2n) is 2.05. The van der Waals surface area contributed by atoms with E-state index < -0.39 is 0 Å². The lowest BCUT2D eigenvalue weighted by Gasteiger charge is -1.95. The molecule has 0 atom stereocenters. The van der Waals surface area contributed by atoms with E-state index in [9.17, 15) is 0 Å². The monoisotopic (exact) mass is 176 g/mol. The molecular weight excluding hydrogens is 148 g/mol. The average molecular weight is 176 g/mol. The van der Waals surface area contributed by atoms with Crippen molar-refractivity contribution in [3.8, 4) is 0 Å². The summed E-state index contributed by atoms with van der Waals surface area (Å²) >= 11 is 0. The van der Waals surface area contributed by atoms with Gasteiger partial charge in [-0.25, -0.2) is 0 Å². The summed E-state index contributed by atoms with van der Waals surface area (Å²) in [6.45, 7) is 11.1. The molecule has 0 aliphatic carbocycles. The molecular formula is C11H28O. The van der Waals surface area contributed by atoms with Crippen molar-refractivity contribution in [1.82, 2.24) is 0 Å². The molecule has 1 nitrogen and oxygen atoms in total. The van der Waals surface area contributed by atoms with E-state index in [-0.39, 0.29) is 0 Å². The summed E-state index contributed by atoms with van der Waals surface area (Å²) in [5.41, 5.74) is 0. The lowest BCUT2D eigenvalue weighted by atomic mass is 10.2. The van der Waals surface area contributed by atoms with Gasteiger partial charge < -0.3 is 4.74 Å². The van der Waals surface area contributed by atoms with Crippen molar-refractivity contribution < 1.29 is 4.74 Å². The van der Waals surface area contributed by atoms with Crippen LogP contribution in [-0.2, 0) is 4.74 Å². The third kappa shape index (κ3) is 32.5. The molecule has 0 bridgehead atoms. The third-order valence-electron chi connectivity index (χ3n) is 1.20. The van der Waals surface area contributed by atoms with E-state index in [4.69, 9.17) is 4.74 Å². The molecule has 0 amide bonds. The van der Waals surface area contributed by atoms with Gasteiger partial charge in [0.15, 0.2) is 0 Å². The molecule has 0 rings (SSSR count). The molecule has 0 aliphatic rings. The quantitative estimate of drug-likeness (QED) is 0.569. The molecule has 12 heavy (non-hydrogen) atoms. The summed E-state index contributed by atoms with van der Waals surface area (Å²) in [4.78, 5) is 0. The Labute approximate surface area is 79.5 Å². The first-order valence-corrected chi connectivity index (χ1v) is 5.40. The molecule has 0 fully saturated rings. The summed E-state index contributed by atoms with van der Waals surface area (Å²) in [6.07, 6.45) is 5.21. The first-order valence-electron chi connectivity index (χ1n) is 5.40. The molecule has 0 saturated heterocycles. The lowest BCUT2D eigenvalue weighted by molar-refractivity contribution is 0.192. The number of hydrogen-bond donors (Lipinski definition) is 0. The Morgan fingerprint density at radius 1 is 0.833 bits per heavy atom. The summed E-state index contributed by atoms with van der Waals surface area (Å²) in [6, 6.07) is 0. The number of ether oxygens (including phenoxy) is 1. The first kappa shape index (κ1) is 17.9. The molecule has 0 aromatic heterocycles. The molecule has 0 N–H and O–H groups in total. The van der Waals surface area contributed by atoms with Gasteiger partial charge in [0.2, 0.25) is 0 Å². The van der Waals surface area contributed by atoms with Gasteiger partial charge in [-0.3, -0.25) is 0 Å². The maximum Gasteiger partial charge on any atom is 0.0462 e. The van der Waals surface area contributed by atoms with Crippen molar-refractivity contribution in [2.45, 2.75) is 60.3 Å². The van der Waals surface area contributed by atoms with Gasteiger partial charge in [0, 0.05) is 13.7 Å². The van der Waals surface area contributed by atoms with E-state index in [2.05, 4.69) is 6.92 Å². The van der Waals surface area contributed by atoms with Crippen molar-refractivity contribution in [3.05, 3.63) is 0 Å². The van der Waals surface area contributed by atoms with Crippen LogP contribution in [0, 0.1) is 0 Å². The Bertz CT molecular complexity index is 30.0. The zero-order valence-corrected chi connectivity index (χ0v) is 9.94. The molecule has 0 aromatic rings. The molecule has 0 aliphatic heterocycles. The molecule has 0 aromatic carbocycles. The van der Waals surface area contributed by atoms with Crippen molar-refractivity contribution >= 4 is 0 Å². The third-order valence-corrected chi connectivity index (χ3v) is 1.20. The smallest absolute Gasteiger partial charge is 0.0462 e. The maximum atomic E-state index is 4.89. The van der Waals surface area contributed by atoms with E-state index >= 15 is 0 Å². The van der Waals surface area contributed by atoms with Crippen molar-refractivity contribution in [2.24, 2.45) is 0 Å². The summed E-state index contributed by atoms with van der Waals surface area (Å²) < 4.78 is 4.89. The van der Waals surface area contributed by atoms with Crippen LogP contribution >= 0.6 is 0 Å². The van der Waals surface area contributed by atoms with Gasteiger partial charge in [0.25, 0.3) is 0 Å². The zero-order chi connectivity index (χ0) is 10.2. The molecule has 0 saturated carbocycles. The van der Waals surface area contributed by atoms with Crippen LogP contribution < -0.4 is 0 Å². The fourth-order valence-corrected chi connectivity index (χ4v) is 0.673. The number of hydrogen-bond acceptors (Lipinski definition) is 1. The highest BCUT2D eigenvalue weighted by Gasteiger charge is 1.83. The summed E-state index contributed by atoms with van der Waals surface area (Å²) in [5, 5.41) is 0. The fraction of sp³-hybridized carbons (Fsp3) is 1.00. The molecule has 1 heteroatoms. The second kappa shape index (κ2) is 30.6. The second-order valence-corrected chi connectivity index (χ2v) is 2.05. The molecule has 0 spiro atoms. The Morgan fingerprint density at radius 2 is 1.33 bits per heavy atom. The van der Waals surface area contributed by atoms with Crippen LogP contribution in [0.25, 0.3) is 0 Å². The van der Waals surface area contributed by atoms with E-state index in [1.807, 2.05) is 27.7 Å². The standard InChI is InChI=1S/C7H16O.2C2H6/c1-3-4-5-6-7-8-2;2*1-2/h3-7H2,1-2H3;2*1-2H3. The minimum atomic E-state index is 0.931. The Kier molecular flexibility index (Phi) is 45.6. The highest BCUT2D eigenvalue weighted by atomic mass is 16.5. The largest absolute Gasteiger partial charge is 0.385 e. The van der Waals surface area contributed by atoms with Gasteiger partial charge in [0.05, 0.1) is 0 Å². The van der Waals surface area contributed by atoms with Crippen LogP contribution in [0.5, 0.6) is 0 Å². The number of unbranched alkanes of at least 4 members (excludes halogenated alkanes) is 3. The van der Waals surface area contributed by atoms with E-state index in [0.29, 0.717) is 0 Å². The zero-order valence-electron chi connectivity index (χ0n) is 9.94. The van der Waals surface area contributed by atoms with Gasteiger partial charge in [-0.1, -0.05) is 53.9 Å².